The van der Waals surface area contributed by atoms with Gasteiger partial charge in [-0.2, -0.15) is 0 Å². The van der Waals surface area contributed by atoms with Crippen LogP contribution in [0.1, 0.15) is 130 Å². The first kappa shape index (κ1) is 49.0. The average molecular weight is 812 g/mol. The lowest BCUT2D eigenvalue weighted by atomic mass is 9.53. The summed E-state index contributed by atoms with van der Waals surface area (Å²) in [5, 5.41) is 5.90. The molecule has 8 nitrogen and oxygen atoms in total. The zero-order chi connectivity index (χ0) is 43.0. The minimum Gasteiger partial charge on any atom is -0.483 e. The van der Waals surface area contributed by atoms with Crippen LogP contribution in [0.25, 0.3) is 0 Å². The molecule has 4 fully saturated rings. The molecular formula is C44H71B2F2N4O4S+. The van der Waals surface area contributed by atoms with Gasteiger partial charge in [0, 0.05) is 73.9 Å². The van der Waals surface area contributed by atoms with Gasteiger partial charge in [0.25, 0.3) is 6.47 Å². The number of likely N-dealkylation sites (N-methyl/N-ethyl adjacent to an activating group) is 1. The molecule has 0 aromatic heterocycles. The molecule has 4 aliphatic heterocycles. The van der Waals surface area contributed by atoms with Crippen molar-refractivity contribution in [1.82, 2.24) is 9.21 Å². The number of hydrogen-bond acceptors (Lipinski definition) is 6. The van der Waals surface area contributed by atoms with Gasteiger partial charge in [-0.3, -0.25) is 18.8 Å². The van der Waals surface area contributed by atoms with Crippen LogP contribution in [0.5, 0.6) is 0 Å². The summed E-state index contributed by atoms with van der Waals surface area (Å²) in [4.78, 5) is 37.7. The smallest absolute Gasteiger partial charge is 0.290 e. The number of Topliss-reactive ketones (excluding diaryl/α,β-unsaturated/α-hetero) is 1. The molecule has 3 saturated heterocycles. The molecule has 6 unspecified atom stereocenters. The van der Waals surface area contributed by atoms with Gasteiger partial charge in [0.1, 0.15) is 19.9 Å². The molecular weight excluding hydrogens is 740 g/mol. The summed E-state index contributed by atoms with van der Waals surface area (Å²) in [5.74, 6) is 1.05. The first-order valence-electron chi connectivity index (χ1n) is 21.1. The number of ketones is 1. The maximum Gasteiger partial charge on any atom is 0.290 e. The van der Waals surface area contributed by atoms with Crippen LogP contribution in [0.3, 0.4) is 0 Å². The lowest BCUT2D eigenvalue weighted by Gasteiger charge is -2.56. The molecule has 4 heterocycles. The minimum atomic E-state index is -1.80. The number of benzene rings is 1. The second-order valence-corrected chi connectivity index (χ2v) is 19.6. The number of fused-ring (bicyclic) bond motifs is 5. The summed E-state index contributed by atoms with van der Waals surface area (Å²) in [6, 6.07) is 7.88. The predicted octanol–water partition coefficient (Wildman–Crippen LogP) is 8.43. The number of allylic oxidation sites excluding steroid dienone is 1. The number of piperidine rings is 2. The van der Waals surface area contributed by atoms with Crippen LogP contribution in [-0.2, 0) is 20.8 Å². The summed E-state index contributed by atoms with van der Waals surface area (Å²) in [7, 11) is 15.7. The molecule has 1 saturated carbocycles. The quantitative estimate of drug-likeness (QED) is 0.0635. The molecule has 0 bridgehead atoms. The van der Waals surface area contributed by atoms with Crippen molar-refractivity contribution in [2.75, 3.05) is 50.9 Å². The fraction of sp³-hybridized carbons (Fsp3) is 0.750. The summed E-state index contributed by atoms with van der Waals surface area (Å²) < 4.78 is 31.6. The molecule has 1 aromatic rings. The third-order valence-corrected chi connectivity index (χ3v) is 15.2. The van der Waals surface area contributed by atoms with Crippen LogP contribution in [0.2, 0.25) is 5.31 Å². The van der Waals surface area contributed by atoms with E-state index >= 15 is 0 Å². The number of halogens is 2. The number of carboxylic acid groups (broad SMARTS) is 1. The van der Waals surface area contributed by atoms with E-state index in [2.05, 4.69) is 73.7 Å². The van der Waals surface area contributed by atoms with Crippen molar-refractivity contribution in [2.24, 2.45) is 5.41 Å². The van der Waals surface area contributed by atoms with Crippen LogP contribution in [0, 0.1) is 5.41 Å². The van der Waals surface area contributed by atoms with Crippen LogP contribution < -0.4 is 4.90 Å². The molecule has 13 heteroatoms. The fourth-order valence-corrected chi connectivity index (χ4v) is 10.5. The maximum absolute atomic E-state index is 14.5. The third-order valence-electron chi connectivity index (χ3n) is 13.9. The van der Waals surface area contributed by atoms with E-state index in [0.717, 1.165) is 94.2 Å². The van der Waals surface area contributed by atoms with Crippen molar-refractivity contribution >= 4 is 51.5 Å². The van der Waals surface area contributed by atoms with Crippen LogP contribution in [0.4, 0.5) is 14.5 Å². The minimum absolute atomic E-state index is 0.0962. The Balaban J connectivity index is 0.000000309. The number of carbonyl (C=O) groups is 3. The first-order chi connectivity index (χ1) is 26.6. The van der Waals surface area contributed by atoms with Crippen molar-refractivity contribution in [3.8, 4) is 0 Å². The first-order valence-corrected chi connectivity index (χ1v) is 22.0. The van der Waals surface area contributed by atoms with Crippen LogP contribution >= 0.6 is 11.9 Å². The van der Waals surface area contributed by atoms with Crippen molar-refractivity contribution < 1.29 is 32.8 Å². The number of amides is 1. The number of carbonyl (C=O) groups excluding carboxylic acids is 2. The Kier molecular flexibility index (Phi) is 17.4. The van der Waals surface area contributed by atoms with Crippen molar-refractivity contribution in [3.05, 3.63) is 42.0 Å². The molecule has 5 aliphatic rings. The van der Waals surface area contributed by atoms with E-state index in [0.29, 0.717) is 30.8 Å². The number of likely N-dealkylation sites (tertiary alicyclic amines) is 1. The van der Waals surface area contributed by atoms with Gasteiger partial charge in [-0.1, -0.05) is 44.9 Å². The molecule has 6 atom stereocenters. The number of anilines is 1. The number of quaternary nitrogens is 1. The van der Waals surface area contributed by atoms with Crippen molar-refractivity contribution in [1.29, 1.82) is 0 Å². The fourth-order valence-electron chi connectivity index (χ4n) is 9.43. The number of nitrogens with zero attached hydrogens (tertiary/aromatic N) is 4. The zero-order valence-electron chi connectivity index (χ0n) is 36.5. The molecule has 6 rings (SSSR count). The molecule has 0 spiro atoms. The summed E-state index contributed by atoms with van der Waals surface area (Å²) in [5.41, 5.74) is 2.02. The number of rotatable bonds is 10. The van der Waals surface area contributed by atoms with Gasteiger partial charge in [-0.15, -0.1) is 6.58 Å². The Morgan fingerprint density at radius 1 is 1.12 bits per heavy atom. The molecule has 1 amide bonds. The van der Waals surface area contributed by atoms with E-state index in [1.165, 1.54) is 16.8 Å². The van der Waals surface area contributed by atoms with Gasteiger partial charge < -0.3 is 19.4 Å². The zero-order valence-corrected chi connectivity index (χ0v) is 37.3. The molecule has 57 heavy (non-hydrogen) atoms. The van der Waals surface area contributed by atoms with Crippen LogP contribution in [0.15, 0.2) is 30.9 Å². The third kappa shape index (κ3) is 11.3. The Morgan fingerprint density at radius 3 is 2.28 bits per heavy atom. The van der Waals surface area contributed by atoms with Gasteiger partial charge in [0.2, 0.25) is 5.91 Å². The number of alkyl halides is 2. The normalized spacial score (nSPS) is 28.3. The summed E-state index contributed by atoms with van der Waals surface area (Å²) >= 11 is 1.73. The Labute approximate surface area is 350 Å². The van der Waals surface area contributed by atoms with Crippen molar-refractivity contribution in [2.45, 2.75) is 160 Å². The summed E-state index contributed by atoms with van der Waals surface area (Å²) in [6.45, 7) is 20.8. The molecule has 316 valence electrons. The molecule has 1 N–H and O–H groups in total. The van der Waals surface area contributed by atoms with E-state index in [4.69, 9.17) is 25.6 Å². The Morgan fingerprint density at radius 2 is 1.74 bits per heavy atom. The highest BCUT2D eigenvalue weighted by atomic mass is 32.2. The largest absolute Gasteiger partial charge is 0.483 e. The predicted molar refractivity (Wildman–Crippen MR) is 234 cm³/mol. The van der Waals surface area contributed by atoms with Gasteiger partial charge in [-0.25, -0.2) is 8.70 Å². The Hall–Kier alpha value is -2.37. The SMILES string of the molecule is C=CC.CC12CCC3c4ccc(N5CCC(N6CCCC6=O)CC5)cc4CC[N+]3(C)C1CC(F)C2=O.O=CO.[B]C(C)(C)C([B])(F)CCCSN(C)C(C)(C)CC. The van der Waals surface area contributed by atoms with E-state index in [1.54, 1.807) is 31.9 Å². The molecule has 4 radical (unpaired) electrons. The van der Waals surface area contributed by atoms with E-state index in [1.807, 2.05) is 13.8 Å². The highest BCUT2D eigenvalue weighted by molar-refractivity contribution is 7.97. The molecule has 1 aliphatic carbocycles. The van der Waals surface area contributed by atoms with Gasteiger partial charge in [-0.05, 0) is 103 Å². The lowest BCUT2D eigenvalue weighted by Crippen LogP contribution is -2.64. The monoisotopic (exact) mass is 812 g/mol. The standard InChI is InChI=1S/C27H37FN3O2.C13H26B2FNS.C3H6.CH2O2/c1-27-11-7-23-21-6-5-20(29-13-8-19(9-14-29)30-12-3-4-25(30)32)16-18(21)10-15-31(23,2)24(27)17-22(28)26(27)33;1-7-11(2,3)17(6)18-10-8-9-13(15,16)12(4,5)14;1-3-2;2-1-3/h5-6,16,19,22-24H,3-4,7-15,17H2,1-2H3;7-10H2,1-6H3;3H,1H2,2H3;1H,(H,2,3)/q+1;;;. The number of hydrogen-bond donors (Lipinski definition) is 1. The maximum atomic E-state index is 14.5. The van der Waals surface area contributed by atoms with E-state index in [-0.39, 0.29) is 23.8 Å². The lowest BCUT2D eigenvalue weighted by molar-refractivity contribution is -0.974. The van der Waals surface area contributed by atoms with E-state index < -0.39 is 22.5 Å². The molecule has 1 aromatic carbocycles. The van der Waals surface area contributed by atoms with Gasteiger partial charge in [0.05, 0.1) is 32.4 Å². The van der Waals surface area contributed by atoms with E-state index in [9.17, 15) is 18.4 Å². The van der Waals surface area contributed by atoms with Crippen LogP contribution in [-0.4, -0.2) is 128 Å². The van der Waals surface area contributed by atoms with Crippen molar-refractivity contribution in [3.63, 3.8) is 0 Å². The second-order valence-electron chi connectivity index (χ2n) is 18.4. The summed E-state index contributed by atoms with van der Waals surface area (Å²) in [6.07, 6.45) is 9.57. The van der Waals surface area contributed by atoms with Gasteiger partial charge in [0.15, 0.2) is 12.0 Å². The average Bonchev–Trinajstić information content (AvgIpc) is 3.69. The highest BCUT2D eigenvalue weighted by Gasteiger charge is 2.64. The topological polar surface area (TPSA) is 81.2 Å². The highest BCUT2D eigenvalue weighted by Crippen LogP contribution is 2.56. The Bertz CT molecular complexity index is 1520. The second kappa shape index (κ2) is 20.3. The van der Waals surface area contributed by atoms with Gasteiger partial charge >= 0.3 is 0 Å².